The smallest absolute Gasteiger partial charge is 0.140 e. The second kappa shape index (κ2) is 11.0. The molecule has 35 heavy (non-hydrogen) atoms. The fraction of sp³-hybridized carbons (Fsp3) is 0.480. The van der Waals surface area contributed by atoms with Gasteiger partial charge in [0.2, 0.25) is 0 Å². The quantitative estimate of drug-likeness (QED) is 0.422. The van der Waals surface area contributed by atoms with E-state index in [9.17, 15) is 0 Å². The van der Waals surface area contributed by atoms with Gasteiger partial charge in [-0.1, -0.05) is 6.08 Å². The van der Waals surface area contributed by atoms with Gasteiger partial charge in [-0.15, -0.1) is 0 Å². The predicted octanol–water partition coefficient (Wildman–Crippen LogP) is 1.35. The van der Waals surface area contributed by atoms with Crippen molar-refractivity contribution in [1.29, 1.82) is 5.41 Å². The summed E-state index contributed by atoms with van der Waals surface area (Å²) < 4.78 is 13.7. The molecule has 2 aromatic heterocycles. The van der Waals surface area contributed by atoms with Crippen LogP contribution in [-0.4, -0.2) is 84.9 Å². The first-order valence-corrected chi connectivity index (χ1v) is 12.3. The van der Waals surface area contributed by atoms with Crippen LogP contribution in [0, 0.1) is 5.41 Å². The first-order valence-electron chi connectivity index (χ1n) is 12.3. The van der Waals surface area contributed by atoms with Gasteiger partial charge in [0.25, 0.3) is 0 Å². The highest BCUT2D eigenvalue weighted by molar-refractivity contribution is 6.09. The van der Waals surface area contributed by atoms with Crippen LogP contribution in [0.25, 0.3) is 11.2 Å². The highest BCUT2D eigenvalue weighted by Crippen LogP contribution is 2.31. The van der Waals surface area contributed by atoms with Crippen LogP contribution in [0.5, 0.6) is 5.75 Å². The maximum Gasteiger partial charge on any atom is 0.140 e. The lowest BCUT2D eigenvalue weighted by molar-refractivity contribution is 0.0322. The van der Waals surface area contributed by atoms with E-state index in [2.05, 4.69) is 32.7 Å². The summed E-state index contributed by atoms with van der Waals surface area (Å²) in [4.78, 5) is 12.0. The van der Waals surface area contributed by atoms with Gasteiger partial charge in [-0.2, -0.15) is 0 Å². The highest BCUT2D eigenvalue weighted by Gasteiger charge is 2.22. The minimum atomic E-state index is -0.0434. The molecule has 2 atom stereocenters. The summed E-state index contributed by atoms with van der Waals surface area (Å²) >= 11 is 0. The van der Waals surface area contributed by atoms with Gasteiger partial charge >= 0.3 is 0 Å². The average Bonchev–Trinajstić information content (AvgIpc) is 3.55. The van der Waals surface area contributed by atoms with Crippen LogP contribution in [0.2, 0.25) is 0 Å². The number of amidine groups is 1. The van der Waals surface area contributed by atoms with Gasteiger partial charge in [0.15, 0.2) is 0 Å². The van der Waals surface area contributed by atoms with Crippen molar-refractivity contribution in [3.63, 3.8) is 0 Å². The molecule has 2 fully saturated rings. The summed E-state index contributed by atoms with van der Waals surface area (Å²) in [6.07, 6.45) is 12.7. The maximum absolute atomic E-state index is 7.86. The third-order valence-corrected chi connectivity index (χ3v) is 6.74. The maximum atomic E-state index is 7.86. The van der Waals surface area contributed by atoms with Crippen molar-refractivity contribution >= 4 is 23.3 Å². The Morgan fingerprint density at radius 1 is 1.37 bits per heavy atom. The second-order valence-electron chi connectivity index (χ2n) is 9.03. The second-order valence-corrected chi connectivity index (χ2v) is 9.03. The summed E-state index contributed by atoms with van der Waals surface area (Å²) in [5.74, 6) is 1.58. The van der Waals surface area contributed by atoms with Crippen LogP contribution in [0.3, 0.4) is 0 Å². The van der Waals surface area contributed by atoms with Gasteiger partial charge in [0.1, 0.15) is 23.8 Å². The molecule has 10 nitrogen and oxygen atoms in total. The Labute approximate surface area is 205 Å². The third-order valence-electron chi connectivity index (χ3n) is 6.74. The molecule has 0 aromatic carbocycles. The van der Waals surface area contributed by atoms with Crippen molar-refractivity contribution in [3.8, 4) is 5.75 Å². The molecule has 3 aliphatic rings. The zero-order valence-corrected chi connectivity index (χ0v) is 19.9. The fourth-order valence-electron chi connectivity index (χ4n) is 4.76. The Hall–Kier alpha value is -3.21. The van der Waals surface area contributed by atoms with Gasteiger partial charge < -0.3 is 35.7 Å². The molecule has 2 aromatic rings. The number of nitrogens with two attached hydrogens (primary N) is 1. The van der Waals surface area contributed by atoms with E-state index >= 15 is 0 Å². The van der Waals surface area contributed by atoms with Crippen molar-refractivity contribution in [2.75, 3.05) is 52.5 Å². The van der Waals surface area contributed by atoms with Gasteiger partial charge in [0, 0.05) is 68.0 Å². The molecule has 2 saturated heterocycles. The molecule has 5 heterocycles. The molecule has 3 aliphatic heterocycles. The number of allylic oxidation sites excluding steroid dienone is 1. The van der Waals surface area contributed by atoms with Crippen LogP contribution in [0.1, 0.15) is 30.1 Å². The Morgan fingerprint density at radius 2 is 2.26 bits per heavy atom. The van der Waals surface area contributed by atoms with Crippen molar-refractivity contribution in [3.05, 3.63) is 48.1 Å². The molecule has 10 heteroatoms. The minimum Gasteiger partial charge on any atom is -0.491 e. The first kappa shape index (κ1) is 23.5. The summed E-state index contributed by atoms with van der Waals surface area (Å²) in [5, 5.41) is 14.8. The lowest BCUT2D eigenvalue weighted by Gasteiger charge is -2.26. The van der Waals surface area contributed by atoms with E-state index in [0.29, 0.717) is 24.0 Å². The van der Waals surface area contributed by atoms with E-state index in [1.165, 1.54) is 12.4 Å². The summed E-state index contributed by atoms with van der Waals surface area (Å²) in [6, 6.07) is 2.29. The molecular weight excluding hydrogens is 444 g/mol. The minimum absolute atomic E-state index is 0.0434. The van der Waals surface area contributed by atoms with Crippen LogP contribution in [0.4, 0.5) is 0 Å². The number of hydrogen-bond acceptors (Lipinski definition) is 9. The summed E-state index contributed by atoms with van der Waals surface area (Å²) in [6.45, 7) is 6.70. The van der Waals surface area contributed by atoms with Gasteiger partial charge in [0.05, 0.1) is 31.1 Å². The molecule has 0 amide bonds. The van der Waals surface area contributed by atoms with E-state index in [4.69, 9.17) is 25.6 Å². The number of pyridine rings is 1. The number of nitrogens with one attached hydrogen (secondary N) is 3. The number of aromatic nitrogens is 2. The normalized spacial score (nSPS) is 23.4. The largest absolute Gasteiger partial charge is 0.491 e. The van der Waals surface area contributed by atoms with Gasteiger partial charge in [-0.25, -0.2) is 4.98 Å². The zero-order chi connectivity index (χ0) is 24.0. The molecule has 0 spiro atoms. The Bertz CT molecular complexity index is 1130. The van der Waals surface area contributed by atoms with Crippen LogP contribution >= 0.6 is 0 Å². The van der Waals surface area contributed by atoms with Crippen LogP contribution < -0.4 is 21.1 Å². The number of dihydropyridines is 1. The molecule has 5 rings (SSSR count). The van der Waals surface area contributed by atoms with Crippen molar-refractivity contribution < 1.29 is 9.47 Å². The predicted molar refractivity (Wildman–Crippen MR) is 137 cm³/mol. The SMILES string of the molecule is N=C/C(=C\N)c1cn2c(C3CC=CC(NC4CCNC4)=N3)cnc2cc1OCCN1CCOCC1. The lowest BCUT2D eigenvalue weighted by atomic mass is 10.1. The molecule has 0 bridgehead atoms. The van der Waals surface area contributed by atoms with Crippen molar-refractivity contribution in [2.45, 2.75) is 24.9 Å². The fourth-order valence-corrected chi connectivity index (χ4v) is 4.76. The standard InChI is InChI=1S/C25H34N8O2/c26-13-18(14-27)20-17-33-22(21-2-1-3-24(31-21)30-19-4-5-28-15-19)16-29-25(33)12-23(20)35-11-8-32-6-9-34-10-7-32/h1,3,12-14,16-17,19,21,26,28H,2,4-11,15,27H2,(H,30,31)/b18-14+,26-13?. The topological polar surface area (TPSA) is 125 Å². The van der Waals surface area contributed by atoms with E-state index in [-0.39, 0.29) is 6.04 Å². The molecule has 0 aliphatic carbocycles. The Kier molecular flexibility index (Phi) is 7.41. The van der Waals surface area contributed by atoms with E-state index < -0.39 is 0 Å². The number of imidazole rings is 1. The summed E-state index contributed by atoms with van der Waals surface area (Å²) in [7, 11) is 0. The Balaban J connectivity index is 1.39. The van der Waals surface area contributed by atoms with E-state index in [1.54, 1.807) is 0 Å². The molecule has 0 radical (unpaired) electrons. The number of morpholine rings is 1. The van der Waals surface area contributed by atoms with E-state index in [1.807, 2.05) is 22.9 Å². The van der Waals surface area contributed by atoms with Crippen molar-refractivity contribution in [2.24, 2.45) is 10.7 Å². The third kappa shape index (κ3) is 5.39. The number of hydrogen-bond donors (Lipinski definition) is 4. The molecule has 0 saturated carbocycles. The Morgan fingerprint density at radius 3 is 3.03 bits per heavy atom. The first-order chi connectivity index (χ1) is 17.2. The number of fused-ring (bicyclic) bond motifs is 1. The molecular formula is C25H34N8O2. The lowest BCUT2D eigenvalue weighted by Crippen LogP contribution is -2.38. The van der Waals surface area contributed by atoms with E-state index in [0.717, 1.165) is 81.5 Å². The number of aliphatic imine (C=N–C) groups is 1. The number of nitrogens with zero attached hydrogens (tertiary/aromatic N) is 4. The molecule has 2 unspecified atom stereocenters. The van der Waals surface area contributed by atoms with Gasteiger partial charge in [-0.05, 0) is 25.5 Å². The van der Waals surface area contributed by atoms with Crippen LogP contribution in [0.15, 0.2) is 41.8 Å². The zero-order valence-electron chi connectivity index (χ0n) is 19.9. The number of ether oxygens (including phenoxy) is 2. The monoisotopic (exact) mass is 478 g/mol. The van der Waals surface area contributed by atoms with Gasteiger partial charge in [-0.3, -0.25) is 9.89 Å². The summed E-state index contributed by atoms with van der Waals surface area (Å²) in [5.41, 5.74) is 9.00. The molecule has 186 valence electrons. The highest BCUT2D eigenvalue weighted by atomic mass is 16.5. The van der Waals surface area contributed by atoms with Crippen LogP contribution in [-0.2, 0) is 4.74 Å². The van der Waals surface area contributed by atoms with Crippen molar-refractivity contribution in [1.82, 2.24) is 24.9 Å². The number of rotatable bonds is 8. The average molecular weight is 479 g/mol. The molecule has 5 N–H and O–H groups in total.